The predicted molar refractivity (Wildman–Crippen MR) is 174 cm³/mol. The maximum absolute atomic E-state index is 5.15. The molecular formula is C34H51N7. The Morgan fingerprint density at radius 2 is 1.83 bits per heavy atom. The van der Waals surface area contributed by atoms with Gasteiger partial charge in [-0.1, -0.05) is 59.3 Å². The van der Waals surface area contributed by atoms with Gasteiger partial charge in [0.2, 0.25) is 5.95 Å². The van der Waals surface area contributed by atoms with Crippen LogP contribution in [0.25, 0.3) is 5.70 Å². The summed E-state index contributed by atoms with van der Waals surface area (Å²) in [7, 11) is 4.32. The van der Waals surface area contributed by atoms with E-state index >= 15 is 0 Å². The topological polar surface area (TPSA) is 59.6 Å². The zero-order valence-electron chi connectivity index (χ0n) is 26.1. The summed E-state index contributed by atoms with van der Waals surface area (Å²) in [5.74, 6) is 1.68. The van der Waals surface area contributed by atoms with Gasteiger partial charge in [0, 0.05) is 48.8 Å². The minimum atomic E-state index is 0.138. The van der Waals surface area contributed by atoms with Crippen LogP contribution in [0.3, 0.4) is 0 Å². The van der Waals surface area contributed by atoms with Crippen LogP contribution in [0, 0.1) is 0 Å². The Hall–Kier alpha value is -3.06. The van der Waals surface area contributed by atoms with Crippen LogP contribution in [0.4, 0.5) is 23.1 Å². The third-order valence-corrected chi connectivity index (χ3v) is 9.78. The number of benzene rings is 1. The molecule has 3 aliphatic rings. The average molecular weight is 558 g/mol. The molecule has 1 aromatic carbocycles. The fourth-order valence-electron chi connectivity index (χ4n) is 7.25. The van der Waals surface area contributed by atoms with Gasteiger partial charge in [-0.05, 0) is 75.3 Å². The molecule has 1 saturated heterocycles. The van der Waals surface area contributed by atoms with Gasteiger partial charge in [0.15, 0.2) is 5.82 Å². The van der Waals surface area contributed by atoms with E-state index in [1.807, 2.05) is 6.20 Å². The number of piperidine rings is 1. The van der Waals surface area contributed by atoms with Gasteiger partial charge in [-0.3, -0.25) is 0 Å². The molecule has 0 radical (unpaired) electrons. The first-order valence-corrected chi connectivity index (χ1v) is 15.9. The minimum Gasteiger partial charge on any atom is -0.380 e. The molecule has 0 spiro atoms. The van der Waals surface area contributed by atoms with Crippen LogP contribution in [-0.2, 0) is 6.42 Å². The smallest absolute Gasteiger partial charge is 0.229 e. The molecule has 2 aliphatic heterocycles. The van der Waals surface area contributed by atoms with Gasteiger partial charge in [0.25, 0.3) is 0 Å². The van der Waals surface area contributed by atoms with E-state index in [1.165, 1.54) is 44.1 Å². The van der Waals surface area contributed by atoms with Crippen molar-refractivity contribution in [2.24, 2.45) is 0 Å². The number of anilines is 4. The van der Waals surface area contributed by atoms with Crippen molar-refractivity contribution in [3.63, 3.8) is 0 Å². The van der Waals surface area contributed by atoms with Gasteiger partial charge in [-0.25, -0.2) is 4.98 Å². The zero-order chi connectivity index (χ0) is 29.1. The van der Waals surface area contributed by atoms with Crippen LogP contribution >= 0.6 is 0 Å². The molecule has 2 fully saturated rings. The monoisotopic (exact) mass is 557 g/mol. The van der Waals surface area contributed by atoms with Crippen LogP contribution in [-0.4, -0.2) is 59.7 Å². The molecule has 222 valence electrons. The first-order valence-electron chi connectivity index (χ1n) is 15.9. The van der Waals surface area contributed by atoms with Gasteiger partial charge in [0.1, 0.15) is 5.69 Å². The molecule has 1 unspecified atom stereocenters. The predicted octanol–water partition coefficient (Wildman–Crippen LogP) is 7.10. The molecule has 1 aliphatic carbocycles. The van der Waals surface area contributed by atoms with Gasteiger partial charge >= 0.3 is 0 Å². The molecule has 1 aromatic heterocycles. The third kappa shape index (κ3) is 5.97. The van der Waals surface area contributed by atoms with Gasteiger partial charge in [-0.15, -0.1) is 0 Å². The van der Waals surface area contributed by atoms with Crippen LogP contribution in [0.15, 0.2) is 43.3 Å². The summed E-state index contributed by atoms with van der Waals surface area (Å²) < 4.78 is 0. The average Bonchev–Trinajstić information content (AvgIpc) is 3.51. The largest absolute Gasteiger partial charge is 0.380 e. The molecule has 0 bridgehead atoms. The van der Waals surface area contributed by atoms with Crippen LogP contribution in [0.1, 0.15) is 89.7 Å². The summed E-state index contributed by atoms with van der Waals surface area (Å²) in [6, 6.07) is 7.40. The number of nitrogens with one attached hydrogen (secondary N) is 2. The fraction of sp³-hybridized carbons (Fsp3) is 0.588. The molecule has 41 heavy (non-hydrogen) atoms. The first kappa shape index (κ1) is 29.4. The van der Waals surface area contributed by atoms with E-state index in [1.54, 1.807) is 0 Å². The van der Waals surface area contributed by atoms with Crippen LogP contribution in [0.5, 0.6) is 0 Å². The van der Waals surface area contributed by atoms with E-state index in [0.717, 1.165) is 72.9 Å². The Kier molecular flexibility index (Phi) is 8.93. The Morgan fingerprint density at radius 3 is 2.49 bits per heavy atom. The summed E-state index contributed by atoms with van der Waals surface area (Å²) in [5, 5.41) is 7.47. The summed E-state index contributed by atoms with van der Waals surface area (Å²) in [4.78, 5) is 17.1. The molecule has 0 amide bonds. The summed E-state index contributed by atoms with van der Waals surface area (Å²) >= 11 is 0. The molecule has 1 saturated carbocycles. The molecule has 5 rings (SSSR count). The first-order chi connectivity index (χ1) is 19.8. The van der Waals surface area contributed by atoms with Crippen molar-refractivity contribution in [1.82, 2.24) is 20.2 Å². The van der Waals surface area contributed by atoms with Gasteiger partial charge in [-0.2, -0.15) is 4.98 Å². The van der Waals surface area contributed by atoms with E-state index in [-0.39, 0.29) is 11.6 Å². The second-order valence-corrected chi connectivity index (χ2v) is 12.5. The molecule has 2 aromatic rings. The van der Waals surface area contributed by atoms with Gasteiger partial charge in [0.05, 0.1) is 12.2 Å². The lowest BCUT2D eigenvalue weighted by Crippen LogP contribution is -2.51. The van der Waals surface area contributed by atoms with E-state index < -0.39 is 0 Å². The number of likely N-dealkylation sites (tertiary alicyclic amines) is 1. The van der Waals surface area contributed by atoms with E-state index in [0.29, 0.717) is 12.0 Å². The Bertz CT molecular complexity index is 1240. The fourth-order valence-corrected chi connectivity index (χ4v) is 7.25. The number of fused-ring (bicyclic) bond motifs is 1. The van der Waals surface area contributed by atoms with Gasteiger partial charge < -0.3 is 25.3 Å². The standard InChI is InChI=1S/C34H51N7/c1-8-17-34(18-20-39(6)21-19-34)38-24(4)27-15-16-29(26(9-2)22-27)36-33-35-23-31-32(37-33)41(28-13-11-12-14-28)30(10-3)25(5)40(31)7/h15-16,22-23,28,30,38H,4-5,8-14,17-21H2,1-3,6-7H3,(H,35,36,37). The number of aryl methyl sites for hydroxylation is 1. The lowest BCUT2D eigenvalue weighted by molar-refractivity contribution is 0.162. The molecular weight excluding hydrogens is 506 g/mol. The molecule has 7 heteroatoms. The maximum Gasteiger partial charge on any atom is 0.229 e. The highest BCUT2D eigenvalue weighted by atomic mass is 15.4. The quantitative estimate of drug-likeness (QED) is 0.323. The van der Waals surface area contributed by atoms with E-state index in [2.05, 4.69) is 91.6 Å². The normalized spacial score (nSPS) is 21.2. The number of nitrogens with zero attached hydrogens (tertiary/aromatic N) is 5. The van der Waals surface area contributed by atoms with Crippen molar-refractivity contribution >= 4 is 28.8 Å². The van der Waals surface area contributed by atoms with Crippen LogP contribution in [0.2, 0.25) is 0 Å². The third-order valence-electron chi connectivity index (χ3n) is 9.78. The number of likely N-dealkylation sites (N-methyl/N-ethyl adjacent to an activating group) is 1. The van der Waals surface area contributed by atoms with Crippen molar-refractivity contribution in [2.45, 2.75) is 103 Å². The van der Waals surface area contributed by atoms with Crippen LogP contribution < -0.4 is 20.4 Å². The lowest BCUT2D eigenvalue weighted by Gasteiger charge is -2.46. The van der Waals surface area contributed by atoms with Crippen molar-refractivity contribution in [2.75, 3.05) is 42.3 Å². The number of aromatic nitrogens is 2. The van der Waals surface area contributed by atoms with Crippen molar-refractivity contribution in [3.05, 3.63) is 54.4 Å². The molecule has 7 nitrogen and oxygen atoms in total. The minimum absolute atomic E-state index is 0.138. The SMILES string of the molecule is C=C(NC1(CCC)CCN(C)CC1)c1ccc(Nc2ncc3c(n2)N(C2CCCC2)C(CC)C(=C)N3C)c(CC)c1. The second kappa shape index (κ2) is 12.4. The number of hydrogen-bond acceptors (Lipinski definition) is 7. The number of rotatable bonds is 10. The Balaban J connectivity index is 1.38. The highest BCUT2D eigenvalue weighted by Crippen LogP contribution is 2.43. The van der Waals surface area contributed by atoms with Crippen molar-refractivity contribution < 1.29 is 0 Å². The molecule has 2 N–H and O–H groups in total. The summed E-state index contributed by atoms with van der Waals surface area (Å²) in [6.45, 7) is 18.0. The summed E-state index contributed by atoms with van der Waals surface area (Å²) in [5.41, 5.74) is 6.79. The second-order valence-electron chi connectivity index (χ2n) is 12.5. The zero-order valence-corrected chi connectivity index (χ0v) is 26.1. The lowest BCUT2D eigenvalue weighted by atomic mass is 9.83. The van der Waals surface area contributed by atoms with E-state index in [4.69, 9.17) is 9.97 Å². The highest BCUT2D eigenvalue weighted by Gasteiger charge is 2.38. The number of hydrogen-bond donors (Lipinski definition) is 2. The maximum atomic E-state index is 5.15. The van der Waals surface area contributed by atoms with Crippen molar-refractivity contribution in [1.29, 1.82) is 0 Å². The Labute approximate surface area is 248 Å². The Morgan fingerprint density at radius 1 is 1.10 bits per heavy atom. The molecule has 3 heterocycles. The van der Waals surface area contributed by atoms with E-state index in [9.17, 15) is 0 Å². The molecule has 1 atom stereocenters. The summed E-state index contributed by atoms with van der Waals surface area (Å²) in [6.07, 6.45) is 13.6. The highest BCUT2D eigenvalue weighted by molar-refractivity contribution is 5.76. The van der Waals surface area contributed by atoms with Crippen molar-refractivity contribution in [3.8, 4) is 0 Å².